The standard InChI is InChI=1S/C14H10F3NO2/c15-8-1-4-10(5-2-8)18-13(14(19)20)11-6-3-9(16)7-12(11)17/h1-7,13,18H,(H,19,20). The van der Waals surface area contributed by atoms with Gasteiger partial charge in [0.15, 0.2) is 6.04 Å². The number of benzene rings is 2. The van der Waals surface area contributed by atoms with Gasteiger partial charge in [-0.1, -0.05) is 6.07 Å². The molecule has 3 nitrogen and oxygen atoms in total. The van der Waals surface area contributed by atoms with Crippen LogP contribution >= 0.6 is 0 Å². The van der Waals surface area contributed by atoms with Gasteiger partial charge in [0.2, 0.25) is 0 Å². The fraction of sp³-hybridized carbons (Fsp3) is 0.0714. The molecule has 6 heteroatoms. The van der Waals surface area contributed by atoms with Crippen LogP contribution in [0.4, 0.5) is 18.9 Å². The fourth-order valence-corrected chi connectivity index (χ4v) is 1.72. The van der Waals surface area contributed by atoms with Gasteiger partial charge in [-0.05, 0) is 30.3 Å². The Balaban J connectivity index is 2.31. The number of anilines is 1. The molecule has 2 aromatic rings. The van der Waals surface area contributed by atoms with Gasteiger partial charge in [0.05, 0.1) is 0 Å². The van der Waals surface area contributed by atoms with Gasteiger partial charge in [0.1, 0.15) is 17.5 Å². The molecule has 0 fully saturated rings. The zero-order chi connectivity index (χ0) is 14.7. The molecule has 0 radical (unpaired) electrons. The quantitative estimate of drug-likeness (QED) is 0.903. The van der Waals surface area contributed by atoms with E-state index in [1.807, 2.05) is 0 Å². The maximum Gasteiger partial charge on any atom is 0.330 e. The van der Waals surface area contributed by atoms with Crippen LogP contribution in [0.2, 0.25) is 0 Å². The third kappa shape index (κ3) is 3.09. The van der Waals surface area contributed by atoms with Gasteiger partial charge in [0, 0.05) is 17.3 Å². The minimum Gasteiger partial charge on any atom is -0.479 e. The second kappa shape index (κ2) is 5.64. The van der Waals surface area contributed by atoms with E-state index in [2.05, 4.69) is 5.32 Å². The van der Waals surface area contributed by atoms with E-state index in [-0.39, 0.29) is 5.56 Å². The summed E-state index contributed by atoms with van der Waals surface area (Å²) in [6.07, 6.45) is 0. The topological polar surface area (TPSA) is 49.3 Å². The van der Waals surface area contributed by atoms with Crippen molar-refractivity contribution in [1.29, 1.82) is 0 Å². The summed E-state index contributed by atoms with van der Waals surface area (Å²) in [4.78, 5) is 11.2. The fourth-order valence-electron chi connectivity index (χ4n) is 1.72. The van der Waals surface area contributed by atoms with E-state index in [0.717, 1.165) is 24.3 Å². The van der Waals surface area contributed by atoms with Crippen molar-refractivity contribution in [2.24, 2.45) is 0 Å². The minimum atomic E-state index is -1.40. The first-order chi connectivity index (χ1) is 9.47. The summed E-state index contributed by atoms with van der Waals surface area (Å²) in [6.45, 7) is 0. The Morgan fingerprint density at radius 1 is 1.00 bits per heavy atom. The lowest BCUT2D eigenvalue weighted by Crippen LogP contribution is -2.21. The predicted molar refractivity (Wildman–Crippen MR) is 66.8 cm³/mol. The van der Waals surface area contributed by atoms with Crippen molar-refractivity contribution in [3.8, 4) is 0 Å². The van der Waals surface area contributed by atoms with Crippen LogP contribution in [0.1, 0.15) is 11.6 Å². The summed E-state index contributed by atoms with van der Waals surface area (Å²) in [5.74, 6) is -3.57. The lowest BCUT2D eigenvalue weighted by molar-refractivity contribution is -0.138. The van der Waals surface area contributed by atoms with Crippen LogP contribution in [0.15, 0.2) is 42.5 Å². The van der Waals surface area contributed by atoms with Gasteiger partial charge in [-0.25, -0.2) is 18.0 Å². The molecule has 2 aromatic carbocycles. The van der Waals surface area contributed by atoms with Crippen molar-refractivity contribution in [2.75, 3.05) is 5.32 Å². The molecule has 20 heavy (non-hydrogen) atoms. The summed E-state index contributed by atoms with van der Waals surface area (Å²) in [7, 11) is 0. The molecule has 1 unspecified atom stereocenters. The van der Waals surface area contributed by atoms with Crippen molar-refractivity contribution < 1.29 is 23.1 Å². The van der Waals surface area contributed by atoms with E-state index < -0.39 is 29.5 Å². The van der Waals surface area contributed by atoms with Crippen LogP contribution in [0.5, 0.6) is 0 Å². The average Bonchev–Trinajstić information content (AvgIpc) is 2.39. The second-order valence-electron chi connectivity index (χ2n) is 4.09. The van der Waals surface area contributed by atoms with Crippen molar-refractivity contribution in [3.63, 3.8) is 0 Å². The van der Waals surface area contributed by atoms with Crippen LogP contribution in [0.3, 0.4) is 0 Å². The summed E-state index contributed by atoms with van der Waals surface area (Å²) in [5.41, 5.74) is 0.103. The molecule has 2 N–H and O–H groups in total. The van der Waals surface area contributed by atoms with Gasteiger partial charge in [-0.15, -0.1) is 0 Å². The Hall–Kier alpha value is -2.50. The maximum atomic E-state index is 13.6. The molecule has 0 bridgehead atoms. The first-order valence-corrected chi connectivity index (χ1v) is 5.67. The predicted octanol–water partition coefficient (Wildman–Crippen LogP) is 3.34. The summed E-state index contributed by atoms with van der Waals surface area (Å²) >= 11 is 0. The number of rotatable bonds is 4. The largest absolute Gasteiger partial charge is 0.479 e. The molecule has 2 rings (SSSR count). The van der Waals surface area contributed by atoms with Crippen LogP contribution in [0, 0.1) is 17.5 Å². The van der Waals surface area contributed by atoms with Crippen molar-refractivity contribution in [1.82, 2.24) is 0 Å². The summed E-state index contributed by atoms with van der Waals surface area (Å²) in [6, 6.07) is 6.17. The first kappa shape index (κ1) is 13.9. The van der Waals surface area contributed by atoms with E-state index in [4.69, 9.17) is 5.11 Å². The Morgan fingerprint density at radius 3 is 2.15 bits per heavy atom. The molecule has 0 spiro atoms. The van der Waals surface area contributed by atoms with Crippen LogP contribution in [-0.4, -0.2) is 11.1 Å². The molecule has 0 aliphatic heterocycles. The Kier molecular flexibility index (Phi) is 3.93. The van der Waals surface area contributed by atoms with Crippen LogP contribution in [-0.2, 0) is 4.79 Å². The highest BCUT2D eigenvalue weighted by molar-refractivity contribution is 5.79. The maximum absolute atomic E-state index is 13.6. The lowest BCUT2D eigenvalue weighted by atomic mass is 10.1. The van der Waals surface area contributed by atoms with E-state index in [1.165, 1.54) is 12.1 Å². The zero-order valence-electron chi connectivity index (χ0n) is 10.1. The van der Waals surface area contributed by atoms with Gasteiger partial charge >= 0.3 is 5.97 Å². The molecular formula is C14H10F3NO2. The Labute approximate surface area is 112 Å². The number of carbonyl (C=O) groups is 1. The third-order valence-corrected chi connectivity index (χ3v) is 2.68. The molecule has 0 aliphatic carbocycles. The minimum absolute atomic E-state index is 0.205. The number of carboxylic acid groups (broad SMARTS) is 1. The lowest BCUT2D eigenvalue weighted by Gasteiger charge is -2.16. The number of hydrogen-bond acceptors (Lipinski definition) is 2. The molecule has 0 aliphatic rings. The van der Waals surface area contributed by atoms with Gasteiger partial charge in [-0.3, -0.25) is 0 Å². The average molecular weight is 281 g/mol. The Morgan fingerprint density at radius 2 is 1.60 bits per heavy atom. The first-order valence-electron chi connectivity index (χ1n) is 5.67. The normalized spacial score (nSPS) is 11.9. The van der Waals surface area contributed by atoms with Gasteiger partial charge in [-0.2, -0.15) is 0 Å². The summed E-state index contributed by atoms with van der Waals surface area (Å²) in [5, 5.41) is 11.7. The van der Waals surface area contributed by atoms with E-state index >= 15 is 0 Å². The molecule has 0 aromatic heterocycles. The molecular weight excluding hydrogens is 271 g/mol. The molecule has 1 atom stereocenters. The molecule has 0 saturated heterocycles. The summed E-state index contributed by atoms with van der Waals surface area (Å²) < 4.78 is 39.2. The third-order valence-electron chi connectivity index (χ3n) is 2.68. The zero-order valence-corrected chi connectivity index (χ0v) is 10.1. The van der Waals surface area contributed by atoms with Crippen LogP contribution in [0.25, 0.3) is 0 Å². The number of nitrogens with one attached hydrogen (secondary N) is 1. The highest BCUT2D eigenvalue weighted by Crippen LogP contribution is 2.23. The SMILES string of the molecule is O=C(O)C(Nc1ccc(F)cc1)c1ccc(F)cc1F. The monoisotopic (exact) mass is 281 g/mol. The number of hydrogen-bond donors (Lipinski definition) is 2. The highest BCUT2D eigenvalue weighted by atomic mass is 19.1. The van der Waals surface area contributed by atoms with E-state index in [9.17, 15) is 18.0 Å². The van der Waals surface area contributed by atoms with Gasteiger partial charge in [0.25, 0.3) is 0 Å². The number of carboxylic acids is 1. The molecule has 0 amide bonds. The number of aliphatic carboxylic acids is 1. The molecule has 0 saturated carbocycles. The van der Waals surface area contributed by atoms with Crippen molar-refractivity contribution in [3.05, 3.63) is 65.5 Å². The van der Waals surface area contributed by atoms with E-state index in [0.29, 0.717) is 11.8 Å². The smallest absolute Gasteiger partial charge is 0.330 e. The highest BCUT2D eigenvalue weighted by Gasteiger charge is 2.23. The van der Waals surface area contributed by atoms with Crippen molar-refractivity contribution >= 4 is 11.7 Å². The van der Waals surface area contributed by atoms with E-state index in [1.54, 1.807) is 0 Å². The molecule has 104 valence electrons. The molecule has 0 heterocycles. The Bertz CT molecular complexity index is 629. The van der Waals surface area contributed by atoms with Crippen molar-refractivity contribution in [2.45, 2.75) is 6.04 Å². The number of halogens is 3. The second-order valence-corrected chi connectivity index (χ2v) is 4.09. The van der Waals surface area contributed by atoms with Gasteiger partial charge < -0.3 is 10.4 Å². The van der Waals surface area contributed by atoms with Crippen LogP contribution < -0.4 is 5.32 Å².